The van der Waals surface area contributed by atoms with Crippen molar-refractivity contribution in [3.05, 3.63) is 59.2 Å². The number of hydrogen-bond acceptors (Lipinski definition) is 1. The predicted octanol–water partition coefficient (Wildman–Crippen LogP) is 4.60. The zero-order valence-electron chi connectivity index (χ0n) is 12.3. The molecule has 20 heavy (non-hydrogen) atoms. The highest BCUT2D eigenvalue weighted by atomic mass is 15.2. The topological polar surface area (TPSA) is 3.24 Å². The maximum Gasteiger partial charge on any atom is 0.0481 e. The molecule has 2 aromatic rings. The van der Waals surface area contributed by atoms with E-state index >= 15 is 0 Å². The van der Waals surface area contributed by atoms with E-state index in [-0.39, 0.29) is 0 Å². The van der Waals surface area contributed by atoms with Gasteiger partial charge in [-0.25, -0.2) is 0 Å². The molecule has 0 unspecified atom stereocenters. The standard InChI is InChI=1S/C19H21N/c1-19(2)12-13-20-17-9-4-3-6-14(17)10-11-15-7-5-8-16(19)18(15)20/h3-9H,10-13H2,1-2H3. The highest BCUT2D eigenvalue weighted by Crippen LogP contribution is 2.47. The largest absolute Gasteiger partial charge is 0.341 e. The average Bonchev–Trinajstić information content (AvgIpc) is 2.61. The molecule has 0 radical (unpaired) electrons. The number of para-hydroxylation sites is 2. The van der Waals surface area contributed by atoms with Gasteiger partial charge < -0.3 is 4.90 Å². The normalized spacial score (nSPS) is 19.0. The summed E-state index contributed by atoms with van der Waals surface area (Å²) >= 11 is 0. The molecule has 0 aliphatic carbocycles. The Bertz CT molecular complexity index is 669. The molecule has 2 heterocycles. The van der Waals surface area contributed by atoms with Crippen LogP contribution in [0.3, 0.4) is 0 Å². The van der Waals surface area contributed by atoms with Crippen LogP contribution >= 0.6 is 0 Å². The van der Waals surface area contributed by atoms with Crippen molar-refractivity contribution < 1.29 is 0 Å². The number of nitrogens with zero attached hydrogens (tertiary/aromatic N) is 1. The lowest BCUT2D eigenvalue weighted by molar-refractivity contribution is 0.466. The van der Waals surface area contributed by atoms with Crippen molar-refractivity contribution in [1.29, 1.82) is 0 Å². The van der Waals surface area contributed by atoms with Crippen LogP contribution in [0.5, 0.6) is 0 Å². The van der Waals surface area contributed by atoms with Gasteiger partial charge in [-0.1, -0.05) is 50.2 Å². The van der Waals surface area contributed by atoms with Gasteiger partial charge in [0, 0.05) is 17.9 Å². The fraction of sp³-hybridized carbons (Fsp3) is 0.368. The van der Waals surface area contributed by atoms with Crippen molar-refractivity contribution in [3.8, 4) is 0 Å². The minimum atomic E-state index is 0.293. The van der Waals surface area contributed by atoms with Gasteiger partial charge in [0.2, 0.25) is 0 Å². The molecular formula is C19H21N. The second-order valence-corrected chi connectivity index (χ2v) is 6.73. The second-order valence-electron chi connectivity index (χ2n) is 6.73. The van der Waals surface area contributed by atoms with Crippen molar-refractivity contribution in [1.82, 2.24) is 0 Å². The quantitative estimate of drug-likeness (QED) is 0.671. The summed E-state index contributed by atoms with van der Waals surface area (Å²) < 4.78 is 0. The molecule has 0 amide bonds. The van der Waals surface area contributed by atoms with Gasteiger partial charge in [0.15, 0.2) is 0 Å². The van der Waals surface area contributed by atoms with Crippen LogP contribution in [-0.2, 0) is 18.3 Å². The van der Waals surface area contributed by atoms with Gasteiger partial charge in [0.05, 0.1) is 0 Å². The van der Waals surface area contributed by atoms with Gasteiger partial charge in [0.25, 0.3) is 0 Å². The van der Waals surface area contributed by atoms with Crippen LogP contribution in [0.4, 0.5) is 11.4 Å². The Hall–Kier alpha value is -1.76. The monoisotopic (exact) mass is 263 g/mol. The summed E-state index contributed by atoms with van der Waals surface area (Å²) in [6.07, 6.45) is 3.54. The van der Waals surface area contributed by atoms with E-state index < -0.39 is 0 Å². The summed E-state index contributed by atoms with van der Waals surface area (Å²) in [5, 5.41) is 0. The SMILES string of the molecule is CC1(C)CCN2c3ccccc3CCc3cccc1c32. The number of hydrogen-bond donors (Lipinski definition) is 0. The number of aryl methyl sites for hydroxylation is 2. The Morgan fingerprint density at radius 3 is 2.55 bits per heavy atom. The fourth-order valence-electron chi connectivity index (χ4n) is 3.79. The third-order valence-electron chi connectivity index (χ3n) is 5.03. The van der Waals surface area contributed by atoms with E-state index in [4.69, 9.17) is 0 Å². The minimum absolute atomic E-state index is 0.293. The first kappa shape index (κ1) is 12.0. The van der Waals surface area contributed by atoms with E-state index in [9.17, 15) is 0 Å². The minimum Gasteiger partial charge on any atom is -0.341 e. The number of rotatable bonds is 0. The van der Waals surface area contributed by atoms with Crippen LogP contribution in [0.1, 0.15) is 37.0 Å². The van der Waals surface area contributed by atoms with E-state index in [1.165, 1.54) is 34.5 Å². The molecule has 0 N–H and O–H groups in total. The van der Waals surface area contributed by atoms with Gasteiger partial charge in [0.1, 0.15) is 0 Å². The zero-order chi connectivity index (χ0) is 13.7. The molecule has 102 valence electrons. The van der Waals surface area contributed by atoms with E-state index in [1.54, 1.807) is 0 Å². The summed E-state index contributed by atoms with van der Waals surface area (Å²) in [5.74, 6) is 0. The molecule has 2 aliphatic rings. The van der Waals surface area contributed by atoms with Crippen molar-refractivity contribution >= 4 is 11.4 Å². The molecule has 0 bridgehead atoms. The van der Waals surface area contributed by atoms with Crippen LogP contribution in [0.25, 0.3) is 0 Å². The highest BCUT2D eigenvalue weighted by Gasteiger charge is 2.34. The summed E-state index contributed by atoms with van der Waals surface area (Å²) in [6, 6.07) is 15.8. The van der Waals surface area contributed by atoms with E-state index in [0.29, 0.717) is 5.41 Å². The Kier molecular flexibility index (Phi) is 2.47. The summed E-state index contributed by atoms with van der Waals surface area (Å²) in [5.41, 5.74) is 7.75. The molecule has 0 spiro atoms. The molecular weight excluding hydrogens is 242 g/mol. The molecule has 1 heteroatoms. The van der Waals surface area contributed by atoms with Crippen molar-refractivity contribution in [2.45, 2.75) is 38.5 Å². The first-order chi connectivity index (χ1) is 9.67. The van der Waals surface area contributed by atoms with Crippen LogP contribution in [0.2, 0.25) is 0 Å². The third-order valence-corrected chi connectivity index (χ3v) is 5.03. The summed E-state index contributed by atoms with van der Waals surface area (Å²) in [4.78, 5) is 2.57. The molecule has 0 saturated carbocycles. The third kappa shape index (κ3) is 1.62. The van der Waals surface area contributed by atoms with E-state index in [2.05, 4.69) is 61.2 Å². The zero-order valence-corrected chi connectivity index (χ0v) is 12.3. The van der Waals surface area contributed by atoms with Gasteiger partial charge in [-0.3, -0.25) is 0 Å². The Balaban J connectivity index is 1.99. The fourth-order valence-corrected chi connectivity index (χ4v) is 3.79. The first-order valence-electron chi connectivity index (χ1n) is 7.65. The highest BCUT2D eigenvalue weighted by molar-refractivity contribution is 5.76. The van der Waals surface area contributed by atoms with Gasteiger partial charge >= 0.3 is 0 Å². The summed E-state index contributed by atoms with van der Waals surface area (Å²) in [6.45, 7) is 5.90. The molecule has 0 aromatic heterocycles. The van der Waals surface area contributed by atoms with Crippen LogP contribution in [0, 0.1) is 0 Å². The maximum atomic E-state index is 2.57. The van der Waals surface area contributed by atoms with Crippen LogP contribution in [-0.4, -0.2) is 6.54 Å². The average molecular weight is 263 g/mol. The first-order valence-corrected chi connectivity index (χ1v) is 7.65. The number of anilines is 2. The lowest BCUT2D eigenvalue weighted by Crippen LogP contribution is -2.35. The molecule has 0 atom stereocenters. The number of fused-ring (bicyclic) bond motifs is 2. The van der Waals surface area contributed by atoms with Crippen LogP contribution in [0.15, 0.2) is 42.5 Å². The van der Waals surface area contributed by atoms with E-state index in [0.717, 1.165) is 19.4 Å². The van der Waals surface area contributed by atoms with Crippen molar-refractivity contribution in [2.75, 3.05) is 11.4 Å². The Morgan fingerprint density at radius 2 is 1.65 bits per heavy atom. The summed E-state index contributed by atoms with van der Waals surface area (Å²) in [7, 11) is 0. The van der Waals surface area contributed by atoms with Gasteiger partial charge in [-0.05, 0) is 47.4 Å². The van der Waals surface area contributed by atoms with Gasteiger partial charge in [-0.15, -0.1) is 0 Å². The molecule has 2 aromatic carbocycles. The lowest BCUT2D eigenvalue weighted by Gasteiger charge is -2.41. The second kappa shape index (κ2) is 4.12. The molecule has 1 nitrogen and oxygen atoms in total. The predicted molar refractivity (Wildman–Crippen MR) is 84.9 cm³/mol. The lowest BCUT2D eigenvalue weighted by atomic mass is 9.76. The number of benzene rings is 2. The van der Waals surface area contributed by atoms with Crippen LogP contribution < -0.4 is 4.90 Å². The smallest absolute Gasteiger partial charge is 0.0481 e. The van der Waals surface area contributed by atoms with Crippen molar-refractivity contribution in [3.63, 3.8) is 0 Å². The Morgan fingerprint density at radius 1 is 0.900 bits per heavy atom. The van der Waals surface area contributed by atoms with E-state index in [1.807, 2.05) is 0 Å². The Labute approximate surface area is 121 Å². The molecule has 2 aliphatic heterocycles. The maximum absolute atomic E-state index is 2.57. The molecule has 0 fully saturated rings. The van der Waals surface area contributed by atoms with Crippen molar-refractivity contribution in [2.24, 2.45) is 0 Å². The molecule has 0 saturated heterocycles. The van der Waals surface area contributed by atoms with Gasteiger partial charge in [-0.2, -0.15) is 0 Å². The molecule has 4 rings (SSSR count).